The number of nitrogens with zero attached hydrogens (tertiary/aromatic N) is 1. The summed E-state index contributed by atoms with van der Waals surface area (Å²) in [5.41, 5.74) is 1.40. The van der Waals surface area contributed by atoms with Crippen LogP contribution in [0.15, 0.2) is 34.8 Å². The Labute approximate surface area is 106 Å². The van der Waals surface area contributed by atoms with E-state index < -0.39 is 5.95 Å². The maximum atomic E-state index is 13.2. The van der Waals surface area contributed by atoms with Crippen molar-refractivity contribution in [3.05, 3.63) is 52.1 Å². The molecule has 2 rings (SSSR count). The summed E-state index contributed by atoms with van der Waals surface area (Å²) in [5, 5.41) is 2.93. The average molecular weight is 299 g/mol. The van der Waals surface area contributed by atoms with Crippen molar-refractivity contribution in [2.75, 3.05) is 5.32 Å². The van der Waals surface area contributed by atoms with Gasteiger partial charge in [-0.05, 0) is 52.7 Å². The molecule has 88 valence electrons. The highest BCUT2D eigenvalue weighted by molar-refractivity contribution is 9.10. The van der Waals surface area contributed by atoms with Crippen LogP contribution in [0.4, 0.5) is 20.3 Å². The number of rotatable bonds is 2. The molecule has 0 atom stereocenters. The molecule has 1 heterocycles. The molecule has 1 aromatic heterocycles. The fourth-order valence-corrected chi connectivity index (χ4v) is 1.74. The third-order valence-electron chi connectivity index (χ3n) is 2.25. The largest absolute Gasteiger partial charge is 0.340 e. The summed E-state index contributed by atoms with van der Waals surface area (Å²) in [6, 6.07) is 7.44. The number of aromatic nitrogens is 1. The van der Waals surface area contributed by atoms with Crippen molar-refractivity contribution in [2.45, 2.75) is 6.92 Å². The second kappa shape index (κ2) is 4.79. The highest BCUT2D eigenvalue weighted by atomic mass is 79.9. The van der Waals surface area contributed by atoms with Crippen LogP contribution in [0, 0.1) is 18.7 Å². The first-order valence-electron chi connectivity index (χ1n) is 4.91. The van der Waals surface area contributed by atoms with E-state index in [0.717, 1.165) is 5.56 Å². The molecule has 0 saturated heterocycles. The molecule has 0 bridgehead atoms. The normalized spacial score (nSPS) is 10.4. The molecular formula is C12H9BrF2N2. The van der Waals surface area contributed by atoms with Crippen LogP contribution >= 0.6 is 15.9 Å². The molecule has 17 heavy (non-hydrogen) atoms. The van der Waals surface area contributed by atoms with E-state index in [9.17, 15) is 8.78 Å². The lowest BCUT2D eigenvalue weighted by molar-refractivity contribution is 0.585. The number of hydrogen-bond donors (Lipinski definition) is 1. The van der Waals surface area contributed by atoms with Crippen LogP contribution < -0.4 is 5.32 Å². The Hall–Kier alpha value is -1.49. The van der Waals surface area contributed by atoms with Crippen molar-refractivity contribution in [3.8, 4) is 0 Å². The zero-order chi connectivity index (χ0) is 12.4. The molecule has 0 amide bonds. The Morgan fingerprint density at radius 1 is 1.24 bits per heavy atom. The third kappa shape index (κ3) is 2.79. The number of anilines is 2. The molecule has 0 unspecified atom stereocenters. The van der Waals surface area contributed by atoms with E-state index in [4.69, 9.17) is 0 Å². The minimum Gasteiger partial charge on any atom is -0.340 e. The molecule has 2 nitrogen and oxygen atoms in total. The van der Waals surface area contributed by atoms with E-state index in [-0.39, 0.29) is 5.82 Å². The predicted octanol–water partition coefficient (Wildman–Crippen LogP) is 4.17. The van der Waals surface area contributed by atoms with Gasteiger partial charge in [0, 0.05) is 5.69 Å². The van der Waals surface area contributed by atoms with Crippen molar-refractivity contribution >= 4 is 27.4 Å². The highest BCUT2D eigenvalue weighted by Crippen LogP contribution is 2.26. The molecule has 0 aliphatic heterocycles. The smallest absolute Gasteiger partial charge is 0.214 e. The molecule has 0 saturated carbocycles. The molecule has 0 aliphatic carbocycles. The van der Waals surface area contributed by atoms with Crippen molar-refractivity contribution < 1.29 is 8.78 Å². The van der Waals surface area contributed by atoms with Crippen LogP contribution in [0.3, 0.4) is 0 Å². The van der Waals surface area contributed by atoms with Gasteiger partial charge in [0.05, 0.1) is 4.47 Å². The second-order valence-electron chi connectivity index (χ2n) is 3.55. The molecule has 2 aromatic rings. The molecule has 1 N–H and O–H groups in total. The third-order valence-corrected chi connectivity index (χ3v) is 2.85. The number of aryl methyl sites for hydroxylation is 1. The second-order valence-corrected chi connectivity index (χ2v) is 4.41. The number of benzene rings is 1. The van der Waals surface area contributed by atoms with Gasteiger partial charge in [0.1, 0.15) is 11.6 Å². The van der Waals surface area contributed by atoms with Gasteiger partial charge in [0.2, 0.25) is 5.95 Å². The number of halogens is 3. The van der Waals surface area contributed by atoms with Crippen LogP contribution in [0.1, 0.15) is 5.56 Å². The Bertz CT molecular complexity index is 558. The fourth-order valence-electron chi connectivity index (χ4n) is 1.40. The SMILES string of the molecule is Cc1cc(F)c(Br)cc1Nc1cccc(F)n1. The lowest BCUT2D eigenvalue weighted by atomic mass is 10.2. The molecule has 0 aliphatic rings. The first-order valence-corrected chi connectivity index (χ1v) is 5.71. The van der Waals surface area contributed by atoms with Crippen LogP contribution in [0.25, 0.3) is 0 Å². The summed E-state index contributed by atoms with van der Waals surface area (Å²) >= 11 is 3.10. The van der Waals surface area contributed by atoms with Crippen molar-refractivity contribution in [3.63, 3.8) is 0 Å². The van der Waals surface area contributed by atoms with Gasteiger partial charge < -0.3 is 5.32 Å². The van der Waals surface area contributed by atoms with Gasteiger partial charge in [0.15, 0.2) is 0 Å². The van der Waals surface area contributed by atoms with Gasteiger partial charge in [-0.25, -0.2) is 9.37 Å². The van der Waals surface area contributed by atoms with E-state index in [1.54, 1.807) is 25.1 Å². The Kier molecular flexibility index (Phi) is 3.38. The van der Waals surface area contributed by atoms with Gasteiger partial charge in [-0.15, -0.1) is 0 Å². The predicted molar refractivity (Wildman–Crippen MR) is 66.3 cm³/mol. The van der Waals surface area contributed by atoms with E-state index in [0.29, 0.717) is 16.0 Å². The molecule has 1 aromatic carbocycles. The lowest BCUT2D eigenvalue weighted by Crippen LogP contribution is -1.97. The fraction of sp³-hybridized carbons (Fsp3) is 0.0833. The zero-order valence-electron chi connectivity index (χ0n) is 8.97. The van der Waals surface area contributed by atoms with Crippen molar-refractivity contribution in [2.24, 2.45) is 0 Å². The monoisotopic (exact) mass is 298 g/mol. The number of pyridine rings is 1. The molecule has 5 heteroatoms. The van der Waals surface area contributed by atoms with Gasteiger partial charge in [-0.3, -0.25) is 0 Å². The van der Waals surface area contributed by atoms with Gasteiger partial charge in [0.25, 0.3) is 0 Å². The van der Waals surface area contributed by atoms with Crippen LogP contribution in [-0.4, -0.2) is 4.98 Å². The van der Waals surface area contributed by atoms with Crippen molar-refractivity contribution in [1.29, 1.82) is 0 Å². The average Bonchev–Trinajstić information content (AvgIpc) is 2.26. The van der Waals surface area contributed by atoms with E-state index >= 15 is 0 Å². The van der Waals surface area contributed by atoms with Crippen LogP contribution in [0.5, 0.6) is 0 Å². The Balaban J connectivity index is 2.33. The summed E-state index contributed by atoms with van der Waals surface area (Å²) in [6.07, 6.45) is 0. The molecule has 0 spiro atoms. The Morgan fingerprint density at radius 3 is 2.71 bits per heavy atom. The van der Waals surface area contributed by atoms with E-state index in [1.165, 1.54) is 12.1 Å². The van der Waals surface area contributed by atoms with Gasteiger partial charge in [-0.2, -0.15) is 4.39 Å². The first kappa shape index (κ1) is 12.0. The summed E-state index contributed by atoms with van der Waals surface area (Å²) in [7, 11) is 0. The molecule has 0 fully saturated rings. The number of hydrogen-bond acceptors (Lipinski definition) is 2. The summed E-state index contributed by atoms with van der Waals surface area (Å²) in [5.74, 6) is -0.513. The topological polar surface area (TPSA) is 24.9 Å². The van der Waals surface area contributed by atoms with Crippen LogP contribution in [0.2, 0.25) is 0 Å². The Morgan fingerprint density at radius 2 is 2.00 bits per heavy atom. The van der Waals surface area contributed by atoms with Gasteiger partial charge in [-0.1, -0.05) is 6.07 Å². The lowest BCUT2D eigenvalue weighted by Gasteiger charge is -2.09. The summed E-state index contributed by atoms with van der Waals surface area (Å²) < 4.78 is 26.5. The standard InChI is InChI=1S/C12H9BrF2N2/c1-7-5-9(14)8(13)6-10(7)16-12-4-2-3-11(15)17-12/h2-6H,1H3,(H,16,17). The zero-order valence-corrected chi connectivity index (χ0v) is 10.6. The summed E-state index contributed by atoms with van der Waals surface area (Å²) in [6.45, 7) is 1.76. The first-order chi connectivity index (χ1) is 8.06. The maximum Gasteiger partial charge on any atom is 0.214 e. The quantitative estimate of drug-likeness (QED) is 0.842. The minimum absolute atomic E-state index is 0.333. The minimum atomic E-state index is -0.561. The van der Waals surface area contributed by atoms with E-state index in [1.807, 2.05) is 0 Å². The molecular weight excluding hydrogens is 290 g/mol. The maximum absolute atomic E-state index is 13.2. The van der Waals surface area contributed by atoms with Crippen LogP contribution in [-0.2, 0) is 0 Å². The summed E-state index contributed by atoms with van der Waals surface area (Å²) in [4.78, 5) is 3.67. The molecule has 0 radical (unpaired) electrons. The number of nitrogens with one attached hydrogen (secondary N) is 1. The highest BCUT2D eigenvalue weighted by Gasteiger charge is 2.06. The van der Waals surface area contributed by atoms with E-state index in [2.05, 4.69) is 26.2 Å². The van der Waals surface area contributed by atoms with Gasteiger partial charge >= 0.3 is 0 Å². The van der Waals surface area contributed by atoms with Crippen molar-refractivity contribution in [1.82, 2.24) is 4.98 Å².